The Morgan fingerprint density at radius 2 is 1.72 bits per heavy atom. The van der Waals surface area contributed by atoms with E-state index in [9.17, 15) is 4.79 Å². The highest BCUT2D eigenvalue weighted by atomic mass is 35.5. The van der Waals surface area contributed by atoms with Crippen LogP contribution in [0.4, 0.5) is 4.39 Å². The Morgan fingerprint density at radius 3 is 2.31 bits per heavy atom. The van der Waals surface area contributed by atoms with Crippen molar-refractivity contribution in [3.63, 3.8) is 0 Å². The highest BCUT2D eigenvalue weighted by molar-refractivity contribution is 6.62. The quantitative estimate of drug-likeness (QED) is 0.526. The maximum Gasteiger partial charge on any atom is 0.497 e. The number of hydrogen-bond acceptors (Lipinski definition) is 4. The first-order valence-corrected chi connectivity index (χ1v) is 11.1. The highest BCUT2D eigenvalue weighted by Crippen LogP contribution is 2.37. The van der Waals surface area contributed by atoms with E-state index in [1.54, 1.807) is 24.4 Å². The number of halogens is 2. The molecule has 1 saturated heterocycles. The Kier molecular flexibility index (Phi) is 5.51. The van der Waals surface area contributed by atoms with Gasteiger partial charge in [0.1, 0.15) is 5.82 Å². The van der Waals surface area contributed by atoms with Crippen LogP contribution in [-0.4, -0.2) is 27.9 Å². The van der Waals surface area contributed by atoms with E-state index >= 15 is 4.39 Å². The van der Waals surface area contributed by atoms with E-state index in [1.807, 2.05) is 48.5 Å². The number of rotatable bonds is 3. The zero-order chi connectivity index (χ0) is 23.6. The van der Waals surface area contributed by atoms with Crippen LogP contribution >= 0.6 is 11.6 Å². The van der Waals surface area contributed by atoms with Crippen molar-refractivity contribution in [2.24, 2.45) is 0 Å². The van der Waals surface area contributed by atoms with Crippen LogP contribution in [0.3, 0.4) is 0 Å². The minimum atomic E-state index is -0.861. The molecule has 1 aliphatic heterocycles. The van der Waals surface area contributed by atoms with Gasteiger partial charge in [0.25, 0.3) is 5.56 Å². The first-order chi connectivity index (χ1) is 14.8. The van der Waals surface area contributed by atoms with Gasteiger partial charge in [0, 0.05) is 17.4 Å². The number of aryl methyl sites for hydroxylation is 1. The number of benzene rings is 1. The highest BCUT2D eigenvalue weighted by Gasteiger charge is 2.52. The van der Waals surface area contributed by atoms with Gasteiger partial charge in [-0.25, -0.2) is 9.37 Å². The summed E-state index contributed by atoms with van der Waals surface area (Å²) in [5, 5.41) is 1.27. The van der Waals surface area contributed by atoms with Gasteiger partial charge in [-0.05, 0) is 69.7 Å². The number of hydrogen-bond donors (Lipinski definition) is 0. The average Bonchev–Trinajstić information content (AvgIpc) is 2.91. The van der Waals surface area contributed by atoms with Gasteiger partial charge in [0.15, 0.2) is 5.82 Å². The van der Waals surface area contributed by atoms with E-state index in [-0.39, 0.29) is 22.3 Å². The van der Waals surface area contributed by atoms with Gasteiger partial charge >= 0.3 is 7.12 Å². The Labute approximate surface area is 192 Å². The summed E-state index contributed by atoms with van der Waals surface area (Å²) in [5.41, 5.74) is 0.292. The van der Waals surface area contributed by atoms with E-state index in [1.165, 1.54) is 10.6 Å². The zero-order valence-corrected chi connectivity index (χ0v) is 20.2. The molecular formula is C24H27BClFN2O3. The molecule has 8 heteroatoms. The second-order valence-corrected chi connectivity index (χ2v) is 10.1. The minimum Gasteiger partial charge on any atom is -0.399 e. The summed E-state index contributed by atoms with van der Waals surface area (Å²) in [6.45, 7) is 13.5. The predicted molar refractivity (Wildman–Crippen MR) is 127 cm³/mol. The molecule has 32 heavy (non-hydrogen) atoms. The van der Waals surface area contributed by atoms with Gasteiger partial charge in [-0.1, -0.05) is 31.5 Å². The molecule has 0 atom stereocenters. The summed E-state index contributed by atoms with van der Waals surface area (Å²) < 4.78 is 28.8. The summed E-state index contributed by atoms with van der Waals surface area (Å²) >= 11 is 6.35. The van der Waals surface area contributed by atoms with E-state index in [0.717, 1.165) is 11.3 Å². The van der Waals surface area contributed by atoms with Crippen LogP contribution in [-0.2, 0) is 9.31 Å². The van der Waals surface area contributed by atoms with Crippen LogP contribution in [0.2, 0.25) is 5.02 Å². The lowest BCUT2D eigenvalue weighted by Crippen LogP contribution is -2.41. The first-order valence-electron chi connectivity index (χ1n) is 10.7. The largest absolute Gasteiger partial charge is 0.497 e. The fraction of sp³-hybridized carbons (Fsp3) is 0.417. The number of aromatic nitrogens is 2. The van der Waals surface area contributed by atoms with Crippen molar-refractivity contribution in [1.29, 1.82) is 0 Å². The van der Waals surface area contributed by atoms with Gasteiger partial charge in [0.05, 0.1) is 21.6 Å². The topological polar surface area (TPSA) is 53.4 Å². The molecule has 0 aliphatic carbocycles. The van der Waals surface area contributed by atoms with E-state index in [2.05, 4.69) is 4.98 Å². The third-order valence-corrected chi connectivity index (χ3v) is 6.78. The third kappa shape index (κ3) is 3.66. The van der Waals surface area contributed by atoms with E-state index in [4.69, 9.17) is 20.9 Å². The van der Waals surface area contributed by atoms with E-state index in [0.29, 0.717) is 16.2 Å². The monoisotopic (exact) mass is 456 g/mol. The maximum atomic E-state index is 15.3. The molecule has 3 heterocycles. The summed E-state index contributed by atoms with van der Waals surface area (Å²) in [6, 6.07) is 6.42. The van der Waals surface area contributed by atoms with Crippen molar-refractivity contribution >= 4 is 35.0 Å². The average molecular weight is 457 g/mol. The molecule has 0 amide bonds. The molecule has 0 spiro atoms. The molecule has 168 valence electrons. The lowest BCUT2D eigenvalue weighted by Gasteiger charge is -2.32. The van der Waals surface area contributed by atoms with Crippen molar-refractivity contribution in [3.05, 3.63) is 62.9 Å². The van der Waals surface area contributed by atoms with Crippen molar-refractivity contribution in [1.82, 2.24) is 9.55 Å². The van der Waals surface area contributed by atoms with Crippen molar-refractivity contribution in [2.75, 3.05) is 0 Å². The van der Waals surface area contributed by atoms with Gasteiger partial charge in [-0.2, -0.15) is 0 Å². The Morgan fingerprint density at radius 1 is 1.09 bits per heavy atom. The molecule has 4 rings (SSSR count). The molecule has 3 aromatic rings. The predicted octanol–water partition coefficient (Wildman–Crippen LogP) is 4.91. The fourth-order valence-electron chi connectivity index (χ4n) is 3.87. The summed E-state index contributed by atoms with van der Waals surface area (Å²) in [4.78, 5) is 17.8. The Hall–Kier alpha value is -2.22. The molecule has 0 bridgehead atoms. The maximum absolute atomic E-state index is 15.3. The summed E-state index contributed by atoms with van der Waals surface area (Å²) in [7, 11) is -0.861. The smallest absolute Gasteiger partial charge is 0.399 e. The molecule has 0 N–H and O–H groups in total. The normalized spacial score (nSPS) is 17.5. The second-order valence-electron chi connectivity index (χ2n) is 9.68. The molecule has 0 saturated carbocycles. The molecule has 0 unspecified atom stereocenters. The van der Waals surface area contributed by atoms with Gasteiger partial charge < -0.3 is 9.31 Å². The van der Waals surface area contributed by atoms with Crippen molar-refractivity contribution in [2.45, 2.75) is 65.6 Å². The van der Waals surface area contributed by atoms with Gasteiger partial charge in [0.2, 0.25) is 0 Å². The van der Waals surface area contributed by atoms with Gasteiger partial charge in [-0.15, -0.1) is 0 Å². The van der Waals surface area contributed by atoms with Crippen LogP contribution in [0.25, 0.3) is 16.6 Å². The molecule has 5 nitrogen and oxygen atoms in total. The number of pyridine rings is 2. The van der Waals surface area contributed by atoms with Crippen LogP contribution in [0.1, 0.15) is 58.7 Å². The molecule has 2 aromatic heterocycles. The van der Waals surface area contributed by atoms with Crippen LogP contribution in [0.15, 0.2) is 35.3 Å². The SMILES string of the molecule is Cc1ccc(Cl)c(-n2cc(C(C)C)c3cc(B4OC(C)(C)C(C)(C)O4)c(F)cc3c2=O)n1. The van der Waals surface area contributed by atoms with Crippen molar-refractivity contribution < 1.29 is 13.7 Å². The number of nitrogens with zero attached hydrogens (tertiary/aromatic N) is 2. The molecular weight excluding hydrogens is 430 g/mol. The minimum absolute atomic E-state index is 0.0598. The van der Waals surface area contributed by atoms with E-state index < -0.39 is 24.1 Å². The molecule has 1 aliphatic rings. The van der Waals surface area contributed by atoms with Crippen LogP contribution in [0.5, 0.6) is 0 Å². The molecule has 0 radical (unpaired) electrons. The lowest BCUT2D eigenvalue weighted by atomic mass is 9.77. The zero-order valence-electron chi connectivity index (χ0n) is 19.4. The molecule has 1 aromatic carbocycles. The third-order valence-electron chi connectivity index (χ3n) is 6.49. The Balaban J connectivity index is 1.96. The summed E-state index contributed by atoms with van der Waals surface area (Å²) in [6.07, 6.45) is 1.74. The molecule has 1 fully saturated rings. The lowest BCUT2D eigenvalue weighted by molar-refractivity contribution is 0.00578. The van der Waals surface area contributed by atoms with Crippen LogP contribution in [0, 0.1) is 12.7 Å². The number of fused-ring (bicyclic) bond motifs is 1. The standard InChI is InChI=1S/C24H27BClFN2O3/c1-13(2)17-12-29(21-19(26)9-8-14(3)28-21)22(30)16-11-20(27)18(10-15(16)17)25-31-23(4,5)24(6,7)32-25/h8-13H,1-7H3. The van der Waals surface area contributed by atoms with Crippen molar-refractivity contribution in [3.8, 4) is 5.82 Å². The summed E-state index contributed by atoms with van der Waals surface area (Å²) in [5.74, 6) is -0.163. The Bertz CT molecular complexity index is 1270. The fourth-order valence-corrected chi connectivity index (χ4v) is 4.06. The van der Waals surface area contributed by atoms with Crippen LogP contribution < -0.4 is 11.0 Å². The second kappa shape index (κ2) is 7.68. The first kappa shape index (κ1) is 23.0. The van der Waals surface area contributed by atoms with Gasteiger partial charge in [-0.3, -0.25) is 9.36 Å².